The number of alkyl halides is 1. The zero-order chi connectivity index (χ0) is 19.3. The predicted molar refractivity (Wildman–Crippen MR) is 103 cm³/mol. The summed E-state index contributed by atoms with van der Waals surface area (Å²) in [4.78, 5) is 0.261. The molecule has 4 fully saturated rings. The zero-order valence-corrected chi connectivity index (χ0v) is 19.6. The minimum absolute atomic E-state index is 0.0589. The Morgan fingerprint density at radius 2 is 1.77 bits per heavy atom. The van der Waals surface area contributed by atoms with Gasteiger partial charge < -0.3 is 9.16 Å². The smallest absolute Gasteiger partial charge is 0.400 e. The molecule has 3 heterocycles. The Bertz CT molecular complexity index is 721. The third-order valence-electron chi connectivity index (χ3n) is 7.27. The molecule has 26 heavy (non-hydrogen) atoms. The molecule has 0 aromatic carbocycles. The van der Waals surface area contributed by atoms with Crippen LogP contribution < -0.4 is 0 Å². The lowest BCUT2D eigenvalue weighted by molar-refractivity contribution is -0.156. The van der Waals surface area contributed by atoms with Gasteiger partial charge in [0.05, 0.1) is 11.7 Å². The first-order chi connectivity index (χ1) is 11.7. The third kappa shape index (κ3) is 2.57. The summed E-state index contributed by atoms with van der Waals surface area (Å²) in [5, 5.41) is 0.0589. The fourth-order valence-corrected chi connectivity index (χ4v) is 8.33. The molecule has 1 aliphatic carbocycles. The van der Waals surface area contributed by atoms with Crippen molar-refractivity contribution in [2.24, 2.45) is 5.92 Å². The van der Waals surface area contributed by atoms with Crippen LogP contribution in [0.4, 0.5) is 0 Å². The maximum absolute atomic E-state index is 12.1. The second-order valence-electron chi connectivity index (χ2n) is 9.98. The van der Waals surface area contributed by atoms with Crippen molar-refractivity contribution in [2.45, 2.75) is 99.4 Å². The lowest BCUT2D eigenvalue weighted by Gasteiger charge is -2.51. The number of hydrogen-bond acceptors (Lipinski definition) is 6. The van der Waals surface area contributed by atoms with Crippen molar-refractivity contribution in [2.75, 3.05) is 0 Å². The molecule has 0 N–H and O–H groups in total. The van der Waals surface area contributed by atoms with Gasteiger partial charge in [0.25, 0.3) is 0 Å². The van der Waals surface area contributed by atoms with E-state index in [0.717, 1.165) is 19.3 Å². The first-order valence-electron chi connectivity index (χ1n) is 9.35. The van der Waals surface area contributed by atoms with Gasteiger partial charge >= 0.3 is 10.4 Å². The highest BCUT2D eigenvalue weighted by Gasteiger charge is 2.79. The molecule has 4 aliphatic rings. The first kappa shape index (κ1) is 19.8. The summed E-state index contributed by atoms with van der Waals surface area (Å²) in [5.41, 5.74) is -1.44. The number of halogens is 1. The second kappa shape index (κ2) is 5.55. The molecule has 0 unspecified atom stereocenters. The molecule has 150 valence electrons. The fraction of sp³-hybridized carbons (Fsp3) is 1.00. The van der Waals surface area contributed by atoms with E-state index in [4.69, 9.17) is 17.5 Å². The first-order valence-corrected chi connectivity index (χ1v) is 14.5. The zero-order valence-electron chi connectivity index (χ0n) is 16.2. The van der Waals surface area contributed by atoms with Gasteiger partial charge in [0, 0.05) is 10.7 Å². The van der Waals surface area contributed by atoms with Crippen molar-refractivity contribution in [3.05, 3.63) is 0 Å². The molecular weight excluding hydrogens is 440 g/mol. The standard InChI is InChI=1S/C17H29BrO6SSi/c1-15(2,3)26(5,6)23-12-8-7-11(18)10-9-16(4)13-14(17(10,12)24-16)22-25(19,20)21-13/h10-14H,7-9H2,1-6H3/t10-,11+,12-,13+,14-,16-,17-/m0/s1. The Morgan fingerprint density at radius 1 is 1.15 bits per heavy atom. The van der Waals surface area contributed by atoms with Crippen molar-refractivity contribution in [1.82, 2.24) is 0 Å². The molecule has 9 heteroatoms. The lowest BCUT2D eigenvalue weighted by Crippen LogP contribution is -2.65. The average molecular weight is 469 g/mol. The summed E-state index contributed by atoms with van der Waals surface area (Å²) in [5.74, 6) is 0.147. The van der Waals surface area contributed by atoms with E-state index in [2.05, 4.69) is 49.8 Å². The van der Waals surface area contributed by atoms with Crippen LogP contribution in [0.25, 0.3) is 0 Å². The van der Waals surface area contributed by atoms with Crippen LogP contribution in [-0.2, 0) is 27.9 Å². The van der Waals surface area contributed by atoms with Crippen LogP contribution in [0.3, 0.4) is 0 Å². The number of ether oxygens (including phenoxy) is 1. The molecule has 3 aliphatic heterocycles. The number of hydrogen-bond donors (Lipinski definition) is 0. The molecule has 0 aromatic rings. The topological polar surface area (TPSA) is 71.1 Å². The van der Waals surface area contributed by atoms with Gasteiger partial charge in [-0.1, -0.05) is 36.7 Å². The van der Waals surface area contributed by atoms with Gasteiger partial charge in [-0.3, -0.25) is 0 Å². The van der Waals surface area contributed by atoms with Crippen LogP contribution >= 0.6 is 15.9 Å². The lowest BCUT2D eigenvalue weighted by atomic mass is 9.63. The van der Waals surface area contributed by atoms with Gasteiger partial charge in [0.15, 0.2) is 8.32 Å². The predicted octanol–water partition coefficient (Wildman–Crippen LogP) is 3.51. The maximum atomic E-state index is 12.1. The summed E-state index contributed by atoms with van der Waals surface area (Å²) < 4.78 is 48.3. The van der Waals surface area contributed by atoms with Gasteiger partial charge in [-0.05, 0) is 44.3 Å². The summed E-state index contributed by atoms with van der Waals surface area (Å²) in [6.45, 7) is 13.0. The molecule has 0 aromatic heterocycles. The van der Waals surface area contributed by atoms with E-state index >= 15 is 0 Å². The third-order valence-corrected chi connectivity index (χ3v) is 13.7. The Hall–Kier alpha value is 0.487. The van der Waals surface area contributed by atoms with Crippen LogP contribution in [0.5, 0.6) is 0 Å². The van der Waals surface area contributed by atoms with E-state index in [-0.39, 0.29) is 21.9 Å². The minimum Gasteiger partial charge on any atom is -0.411 e. The molecule has 6 nitrogen and oxygen atoms in total. The monoisotopic (exact) mass is 468 g/mol. The molecule has 3 saturated heterocycles. The van der Waals surface area contributed by atoms with Gasteiger partial charge in [0.1, 0.15) is 17.8 Å². The van der Waals surface area contributed by atoms with E-state index in [1.54, 1.807) is 0 Å². The molecule has 7 atom stereocenters. The maximum Gasteiger partial charge on any atom is 0.400 e. The van der Waals surface area contributed by atoms with Crippen molar-refractivity contribution in [1.29, 1.82) is 0 Å². The van der Waals surface area contributed by atoms with Crippen molar-refractivity contribution in [3.63, 3.8) is 0 Å². The van der Waals surface area contributed by atoms with Gasteiger partial charge in [-0.15, -0.1) is 0 Å². The van der Waals surface area contributed by atoms with Crippen LogP contribution in [0, 0.1) is 5.92 Å². The van der Waals surface area contributed by atoms with E-state index in [1.165, 1.54) is 0 Å². The highest BCUT2D eigenvalue weighted by atomic mass is 79.9. The summed E-state index contributed by atoms with van der Waals surface area (Å²) >= 11 is 3.82. The Labute approximate surface area is 165 Å². The average Bonchev–Trinajstić information content (AvgIpc) is 3.04. The van der Waals surface area contributed by atoms with Crippen LogP contribution in [-0.4, -0.2) is 51.1 Å². The summed E-state index contributed by atoms with van der Waals surface area (Å²) in [7, 11) is -6.04. The molecule has 2 bridgehead atoms. The SMILES string of the molecule is CC(C)(C)[Si](C)(C)O[C@H]1CC[C@@H](Br)[C@@H]2C[C@]3(C)O[C@]12[C@H]1OS(=O)(=O)O[C@H]13. The fourth-order valence-electron chi connectivity index (χ4n) is 4.99. The highest BCUT2D eigenvalue weighted by Crippen LogP contribution is 2.65. The molecule has 0 radical (unpaired) electrons. The summed E-state index contributed by atoms with van der Waals surface area (Å²) in [6, 6.07) is 0. The number of rotatable bonds is 2. The highest BCUT2D eigenvalue weighted by molar-refractivity contribution is 9.09. The van der Waals surface area contributed by atoms with Gasteiger partial charge in [-0.25, -0.2) is 8.37 Å². The largest absolute Gasteiger partial charge is 0.411 e. The second-order valence-corrected chi connectivity index (χ2v) is 17.1. The molecule has 1 spiro atoms. The van der Waals surface area contributed by atoms with Gasteiger partial charge in [-0.2, -0.15) is 8.42 Å². The normalized spacial score (nSPS) is 49.9. The van der Waals surface area contributed by atoms with Crippen molar-refractivity contribution in [3.8, 4) is 0 Å². The Morgan fingerprint density at radius 3 is 2.38 bits per heavy atom. The number of fused-ring (bicyclic) bond motifs is 3. The molecule has 1 saturated carbocycles. The van der Waals surface area contributed by atoms with Crippen LogP contribution in [0.1, 0.15) is 47.0 Å². The summed E-state index contributed by atoms with van der Waals surface area (Å²) in [6.07, 6.45) is 1.15. The quantitative estimate of drug-likeness (QED) is 0.455. The van der Waals surface area contributed by atoms with E-state index in [9.17, 15) is 8.42 Å². The van der Waals surface area contributed by atoms with Crippen molar-refractivity contribution >= 4 is 34.6 Å². The van der Waals surface area contributed by atoms with Crippen LogP contribution in [0.15, 0.2) is 0 Å². The molecule has 0 amide bonds. The Kier molecular flexibility index (Phi) is 4.22. The van der Waals surface area contributed by atoms with E-state index < -0.39 is 42.1 Å². The van der Waals surface area contributed by atoms with Crippen molar-refractivity contribution < 1.29 is 25.9 Å². The van der Waals surface area contributed by atoms with E-state index in [0.29, 0.717) is 0 Å². The molecular formula is C17H29BrO6SSi. The Balaban J connectivity index is 1.76. The van der Waals surface area contributed by atoms with Crippen LogP contribution in [0.2, 0.25) is 18.1 Å². The minimum atomic E-state index is -3.98. The van der Waals surface area contributed by atoms with Gasteiger partial charge in [0.2, 0.25) is 0 Å². The van der Waals surface area contributed by atoms with E-state index in [1.807, 2.05) is 6.92 Å². The molecule has 4 rings (SSSR count).